The average molecular weight is 294 g/mol. The molecular weight excluding hydrogens is 272 g/mol. The number of aryl methyl sites for hydroxylation is 1. The van der Waals surface area contributed by atoms with Gasteiger partial charge in [0, 0.05) is 11.7 Å². The van der Waals surface area contributed by atoms with Crippen LogP contribution in [0.15, 0.2) is 54.6 Å². The Morgan fingerprint density at radius 1 is 1.09 bits per heavy atom. The van der Waals surface area contributed by atoms with Gasteiger partial charge in [-0.3, -0.25) is 4.79 Å². The van der Waals surface area contributed by atoms with E-state index in [0.717, 1.165) is 30.5 Å². The number of carbonyl (C=O) groups is 1. The van der Waals surface area contributed by atoms with Crippen LogP contribution in [0.1, 0.15) is 36.9 Å². The number of nitrogens with one attached hydrogen (secondary N) is 2. The fraction of sp³-hybridized carbons (Fsp3) is 0.316. The van der Waals surface area contributed by atoms with Crippen LogP contribution in [-0.4, -0.2) is 11.9 Å². The van der Waals surface area contributed by atoms with Crippen LogP contribution in [0.25, 0.3) is 0 Å². The van der Waals surface area contributed by atoms with Crippen molar-refractivity contribution in [3.63, 3.8) is 0 Å². The maximum absolute atomic E-state index is 12.5. The zero-order chi connectivity index (χ0) is 15.4. The van der Waals surface area contributed by atoms with Gasteiger partial charge in [-0.1, -0.05) is 49.4 Å². The van der Waals surface area contributed by atoms with Crippen molar-refractivity contribution in [2.45, 2.75) is 38.3 Å². The lowest BCUT2D eigenvalue weighted by molar-refractivity contribution is -0.122. The molecule has 114 valence electrons. The van der Waals surface area contributed by atoms with Gasteiger partial charge in [-0.05, 0) is 42.5 Å². The molecule has 1 aliphatic carbocycles. The highest BCUT2D eigenvalue weighted by molar-refractivity contribution is 5.86. The summed E-state index contributed by atoms with van der Waals surface area (Å²) in [6.07, 6.45) is 3.21. The van der Waals surface area contributed by atoms with Crippen LogP contribution in [0.5, 0.6) is 0 Å². The SMILES string of the molecule is CCc1ccc(NC(C(=O)NC2CC2)c2ccccc2)cc1. The summed E-state index contributed by atoms with van der Waals surface area (Å²) in [6, 6.07) is 18.2. The first kappa shape index (κ1) is 14.6. The van der Waals surface area contributed by atoms with Crippen molar-refractivity contribution in [2.75, 3.05) is 5.32 Å². The summed E-state index contributed by atoms with van der Waals surface area (Å²) in [5, 5.41) is 6.46. The lowest BCUT2D eigenvalue weighted by Gasteiger charge is -2.20. The van der Waals surface area contributed by atoms with E-state index in [1.165, 1.54) is 5.56 Å². The maximum Gasteiger partial charge on any atom is 0.247 e. The molecule has 0 aromatic heterocycles. The molecule has 2 aromatic carbocycles. The molecule has 3 heteroatoms. The molecule has 2 N–H and O–H groups in total. The van der Waals surface area contributed by atoms with Gasteiger partial charge in [0.15, 0.2) is 0 Å². The molecule has 1 atom stereocenters. The first-order chi connectivity index (χ1) is 10.8. The third kappa shape index (κ3) is 3.67. The summed E-state index contributed by atoms with van der Waals surface area (Å²) in [6.45, 7) is 2.14. The Kier molecular flexibility index (Phi) is 4.42. The van der Waals surface area contributed by atoms with E-state index in [4.69, 9.17) is 0 Å². The largest absolute Gasteiger partial charge is 0.370 e. The first-order valence-electron chi connectivity index (χ1n) is 7.97. The molecule has 1 aliphatic rings. The van der Waals surface area contributed by atoms with E-state index in [1.807, 2.05) is 42.5 Å². The van der Waals surface area contributed by atoms with E-state index < -0.39 is 0 Å². The fourth-order valence-electron chi connectivity index (χ4n) is 2.46. The number of hydrogen-bond donors (Lipinski definition) is 2. The van der Waals surface area contributed by atoms with Crippen LogP contribution in [0.4, 0.5) is 5.69 Å². The van der Waals surface area contributed by atoms with Crippen molar-refractivity contribution in [3.8, 4) is 0 Å². The molecule has 0 saturated heterocycles. The lowest BCUT2D eigenvalue weighted by atomic mass is 10.1. The molecule has 0 radical (unpaired) electrons. The molecule has 1 amide bonds. The molecule has 3 nitrogen and oxygen atoms in total. The van der Waals surface area contributed by atoms with Crippen molar-refractivity contribution in [1.82, 2.24) is 5.32 Å². The van der Waals surface area contributed by atoms with Gasteiger partial charge in [0.1, 0.15) is 6.04 Å². The minimum atomic E-state index is -0.353. The minimum Gasteiger partial charge on any atom is -0.370 e. The summed E-state index contributed by atoms with van der Waals surface area (Å²) in [5.74, 6) is 0.0493. The van der Waals surface area contributed by atoms with Crippen LogP contribution in [0.2, 0.25) is 0 Å². The van der Waals surface area contributed by atoms with Crippen molar-refractivity contribution in [3.05, 3.63) is 65.7 Å². The number of anilines is 1. The van der Waals surface area contributed by atoms with Gasteiger partial charge in [-0.2, -0.15) is 0 Å². The molecule has 1 saturated carbocycles. The fourth-order valence-corrected chi connectivity index (χ4v) is 2.46. The van der Waals surface area contributed by atoms with E-state index >= 15 is 0 Å². The zero-order valence-corrected chi connectivity index (χ0v) is 12.9. The summed E-state index contributed by atoms with van der Waals surface area (Å²) in [5.41, 5.74) is 3.25. The highest BCUT2D eigenvalue weighted by atomic mass is 16.2. The Balaban J connectivity index is 1.79. The Morgan fingerprint density at radius 2 is 1.77 bits per heavy atom. The predicted molar refractivity (Wildman–Crippen MR) is 89.8 cm³/mol. The summed E-state index contributed by atoms with van der Waals surface area (Å²) < 4.78 is 0. The molecular formula is C19H22N2O. The van der Waals surface area contributed by atoms with Crippen molar-refractivity contribution >= 4 is 11.6 Å². The Morgan fingerprint density at radius 3 is 2.36 bits per heavy atom. The number of rotatable bonds is 6. The van der Waals surface area contributed by atoms with E-state index in [1.54, 1.807) is 0 Å². The Bertz CT molecular complexity index is 618. The van der Waals surface area contributed by atoms with Gasteiger partial charge in [-0.25, -0.2) is 0 Å². The third-order valence-corrected chi connectivity index (χ3v) is 3.99. The highest BCUT2D eigenvalue weighted by Crippen LogP contribution is 2.24. The van der Waals surface area contributed by atoms with Crippen molar-refractivity contribution in [1.29, 1.82) is 0 Å². The van der Waals surface area contributed by atoms with E-state index in [-0.39, 0.29) is 11.9 Å². The zero-order valence-electron chi connectivity index (χ0n) is 12.9. The third-order valence-electron chi connectivity index (χ3n) is 3.99. The minimum absolute atomic E-state index is 0.0493. The first-order valence-corrected chi connectivity index (χ1v) is 7.97. The summed E-state index contributed by atoms with van der Waals surface area (Å²) >= 11 is 0. The molecule has 0 aliphatic heterocycles. The summed E-state index contributed by atoms with van der Waals surface area (Å²) in [4.78, 5) is 12.5. The second-order valence-corrected chi connectivity index (χ2v) is 5.82. The molecule has 1 fully saturated rings. The lowest BCUT2D eigenvalue weighted by Crippen LogP contribution is -2.34. The molecule has 0 heterocycles. The smallest absolute Gasteiger partial charge is 0.247 e. The second kappa shape index (κ2) is 6.65. The average Bonchev–Trinajstić information content (AvgIpc) is 3.38. The van der Waals surface area contributed by atoms with Crippen LogP contribution < -0.4 is 10.6 Å². The molecule has 0 spiro atoms. The molecule has 0 bridgehead atoms. The normalized spacial score (nSPS) is 15.1. The molecule has 1 unspecified atom stereocenters. The summed E-state index contributed by atoms with van der Waals surface area (Å²) in [7, 11) is 0. The van der Waals surface area contributed by atoms with Gasteiger partial charge in [0.25, 0.3) is 0 Å². The van der Waals surface area contributed by atoms with Crippen LogP contribution in [0, 0.1) is 0 Å². The van der Waals surface area contributed by atoms with Gasteiger partial charge in [0.05, 0.1) is 0 Å². The van der Waals surface area contributed by atoms with E-state index in [2.05, 4.69) is 29.7 Å². The molecule has 22 heavy (non-hydrogen) atoms. The topological polar surface area (TPSA) is 41.1 Å². The quantitative estimate of drug-likeness (QED) is 0.853. The highest BCUT2D eigenvalue weighted by Gasteiger charge is 2.28. The van der Waals surface area contributed by atoms with Gasteiger partial charge in [-0.15, -0.1) is 0 Å². The van der Waals surface area contributed by atoms with Crippen LogP contribution in [0.3, 0.4) is 0 Å². The molecule has 3 rings (SSSR count). The van der Waals surface area contributed by atoms with Crippen LogP contribution >= 0.6 is 0 Å². The number of hydrogen-bond acceptors (Lipinski definition) is 2. The Hall–Kier alpha value is -2.29. The number of carbonyl (C=O) groups excluding carboxylic acids is 1. The number of amides is 1. The molecule has 2 aromatic rings. The van der Waals surface area contributed by atoms with E-state index in [0.29, 0.717) is 6.04 Å². The number of benzene rings is 2. The maximum atomic E-state index is 12.5. The van der Waals surface area contributed by atoms with Crippen molar-refractivity contribution < 1.29 is 4.79 Å². The van der Waals surface area contributed by atoms with Crippen LogP contribution in [-0.2, 0) is 11.2 Å². The second-order valence-electron chi connectivity index (χ2n) is 5.82. The van der Waals surface area contributed by atoms with Gasteiger partial charge < -0.3 is 10.6 Å². The van der Waals surface area contributed by atoms with Gasteiger partial charge in [0.2, 0.25) is 5.91 Å². The van der Waals surface area contributed by atoms with E-state index in [9.17, 15) is 4.79 Å². The predicted octanol–water partition coefficient (Wildman–Crippen LogP) is 3.68. The standard InChI is InChI=1S/C19H22N2O/c1-2-14-8-10-16(11-9-14)20-18(15-6-4-3-5-7-15)19(22)21-17-12-13-17/h3-11,17-18,20H,2,12-13H2,1H3,(H,21,22). The monoisotopic (exact) mass is 294 g/mol. The Labute approximate surface area is 131 Å². The van der Waals surface area contributed by atoms with Crippen molar-refractivity contribution in [2.24, 2.45) is 0 Å². The van der Waals surface area contributed by atoms with Gasteiger partial charge >= 0.3 is 0 Å².